The summed E-state index contributed by atoms with van der Waals surface area (Å²) in [5, 5.41) is 7.07. The molecule has 1 saturated carbocycles. The topological polar surface area (TPSA) is 74.0 Å². The molecular formula is C24H27N3O2. The van der Waals surface area contributed by atoms with Crippen molar-refractivity contribution in [1.29, 1.82) is 0 Å². The van der Waals surface area contributed by atoms with Crippen molar-refractivity contribution in [3.63, 3.8) is 0 Å². The molecule has 29 heavy (non-hydrogen) atoms. The number of H-pyrrole nitrogens is 1. The number of rotatable bonds is 6. The minimum absolute atomic E-state index is 0.110. The maximum atomic E-state index is 13.0. The van der Waals surface area contributed by atoms with Crippen molar-refractivity contribution < 1.29 is 9.59 Å². The summed E-state index contributed by atoms with van der Waals surface area (Å²) in [6.45, 7) is 2.02. The van der Waals surface area contributed by atoms with E-state index in [2.05, 4.69) is 15.6 Å². The zero-order valence-electron chi connectivity index (χ0n) is 16.7. The Morgan fingerprint density at radius 3 is 2.59 bits per heavy atom. The highest BCUT2D eigenvalue weighted by Crippen LogP contribution is 2.19. The second-order valence-corrected chi connectivity index (χ2v) is 7.98. The minimum Gasteiger partial charge on any atom is -0.352 e. The third-order valence-electron chi connectivity index (χ3n) is 5.63. The summed E-state index contributed by atoms with van der Waals surface area (Å²) in [7, 11) is 0. The van der Waals surface area contributed by atoms with E-state index in [1.807, 2.05) is 61.5 Å². The van der Waals surface area contributed by atoms with E-state index < -0.39 is 6.04 Å². The second-order valence-electron chi connectivity index (χ2n) is 7.98. The SMILES string of the molecule is Cc1ccc2[nH]c(C(=O)NC(Cc3ccccc3)C(=O)NC3CCCC3)cc2c1. The lowest BCUT2D eigenvalue weighted by atomic mass is 10.0. The smallest absolute Gasteiger partial charge is 0.268 e. The van der Waals surface area contributed by atoms with Crippen LogP contribution in [0.1, 0.15) is 47.3 Å². The van der Waals surface area contributed by atoms with Crippen LogP contribution < -0.4 is 10.6 Å². The molecule has 4 rings (SSSR count). The van der Waals surface area contributed by atoms with Crippen LogP contribution in [-0.2, 0) is 11.2 Å². The van der Waals surface area contributed by atoms with Gasteiger partial charge in [-0.2, -0.15) is 0 Å². The first-order valence-corrected chi connectivity index (χ1v) is 10.3. The van der Waals surface area contributed by atoms with Crippen LogP contribution in [0.5, 0.6) is 0 Å². The molecule has 0 bridgehead atoms. The summed E-state index contributed by atoms with van der Waals surface area (Å²) >= 11 is 0. The van der Waals surface area contributed by atoms with Gasteiger partial charge in [-0.15, -0.1) is 0 Å². The highest BCUT2D eigenvalue weighted by Gasteiger charge is 2.26. The predicted molar refractivity (Wildman–Crippen MR) is 115 cm³/mol. The largest absolute Gasteiger partial charge is 0.352 e. The minimum atomic E-state index is -0.612. The van der Waals surface area contributed by atoms with Gasteiger partial charge >= 0.3 is 0 Å². The molecule has 1 heterocycles. The van der Waals surface area contributed by atoms with E-state index in [1.54, 1.807) is 0 Å². The number of aromatic nitrogens is 1. The lowest BCUT2D eigenvalue weighted by Gasteiger charge is -2.21. The number of aryl methyl sites for hydroxylation is 1. The monoisotopic (exact) mass is 389 g/mol. The van der Waals surface area contributed by atoms with Crippen LogP contribution in [0, 0.1) is 6.92 Å². The Morgan fingerprint density at radius 1 is 1.07 bits per heavy atom. The van der Waals surface area contributed by atoms with E-state index in [9.17, 15) is 9.59 Å². The first-order valence-electron chi connectivity index (χ1n) is 10.3. The summed E-state index contributed by atoms with van der Waals surface area (Å²) in [5.74, 6) is -0.373. The summed E-state index contributed by atoms with van der Waals surface area (Å²) in [6.07, 6.45) is 4.78. The molecule has 1 aromatic heterocycles. The van der Waals surface area contributed by atoms with Crippen molar-refractivity contribution in [2.24, 2.45) is 0 Å². The van der Waals surface area contributed by atoms with Crippen LogP contribution in [0.25, 0.3) is 10.9 Å². The summed E-state index contributed by atoms with van der Waals surface area (Å²) in [6, 6.07) is 17.3. The molecule has 5 heteroatoms. The molecule has 3 N–H and O–H groups in total. The molecule has 2 amide bonds. The van der Waals surface area contributed by atoms with Crippen molar-refractivity contribution in [2.45, 2.75) is 51.1 Å². The van der Waals surface area contributed by atoms with Gasteiger partial charge in [0.1, 0.15) is 11.7 Å². The standard InChI is InChI=1S/C24H27N3O2/c1-16-11-12-20-18(13-16)15-22(26-20)24(29)27-21(14-17-7-3-2-4-8-17)23(28)25-19-9-5-6-10-19/h2-4,7-8,11-13,15,19,21,26H,5-6,9-10,14H2,1H3,(H,25,28)(H,27,29). The van der Waals surface area contributed by atoms with Crippen LogP contribution in [0.2, 0.25) is 0 Å². The second kappa shape index (κ2) is 8.52. The highest BCUT2D eigenvalue weighted by atomic mass is 16.2. The number of benzene rings is 2. The summed E-state index contributed by atoms with van der Waals surface area (Å²) in [5.41, 5.74) is 3.54. The molecule has 1 fully saturated rings. The van der Waals surface area contributed by atoms with E-state index in [0.29, 0.717) is 12.1 Å². The Bertz CT molecular complexity index is 1000. The van der Waals surface area contributed by atoms with Gasteiger partial charge in [0.05, 0.1) is 0 Å². The van der Waals surface area contributed by atoms with E-state index in [0.717, 1.165) is 47.7 Å². The maximum absolute atomic E-state index is 13.0. The predicted octanol–water partition coefficient (Wildman–Crippen LogP) is 3.88. The fourth-order valence-electron chi connectivity index (χ4n) is 4.04. The summed E-state index contributed by atoms with van der Waals surface area (Å²) < 4.78 is 0. The van der Waals surface area contributed by atoms with Gasteiger partial charge in [0.15, 0.2) is 0 Å². The van der Waals surface area contributed by atoms with Gasteiger partial charge in [0.25, 0.3) is 5.91 Å². The number of hydrogen-bond acceptors (Lipinski definition) is 2. The van der Waals surface area contributed by atoms with Crippen molar-refractivity contribution >= 4 is 22.7 Å². The maximum Gasteiger partial charge on any atom is 0.268 e. The molecule has 0 saturated heterocycles. The van der Waals surface area contributed by atoms with E-state index >= 15 is 0 Å². The van der Waals surface area contributed by atoms with Crippen molar-refractivity contribution in [3.8, 4) is 0 Å². The van der Waals surface area contributed by atoms with Crippen LogP contribution >= 0.6 is 0 Å². The fourth-order valence-corrected chi connectivity index (χ4v) is 4.04. The fraction of sp³-hybridized carbons (Fsp3) is 0.333. The zero-order valence-corrected chi connectivity index (χ0v) is 16.7. The van der Waals surface area contributed by atoms with E-state index in [1.165, 1.54) is 0 Å². The summed E-state index contributed by atoms with van der Waals surface area (Å²) in [4.78, 5) is 29.0. The Morgan fingerprint density at radius 2 is 1.83 bits per heavy atom. The lowest BCUT2D eigenvalue weighted by molar-refractivity contribution is -0.123. The van der Waals surface area contributed by atoms with Crippen LogP contribution in [0.3, 0.4) is 0 Å². The third kappa shape index (κ3) is 4.67. The van der Waals surface area contributed by atoms with E-state index in [-0.39, 0.29) is 17.9 Å². The highest BCUT2D eigenvalue weighted by molar-refractivity contribution is 6.00. The molecule has 1 aliphatic rings. The van der Waals surface area contributed by atoms with Crippen LogP contribution in [0.15, 0.2) is 54.6 Å². The molecular weight excluding hydrogens is 362 g/mol. The number of carbonyl (C=O) groups is 2. The van der Waals surface area contributed by atoms with Gasteiger partial charge in [0.2, 0.25) is 5.91 Å². The molecule has 150 valence electrons. The van der Waals surface area contributed by atoms with Gasteiger partial charge in [-0.05, 0) is 43.5 Å². The molecule has 2 aromatic carbocycles. The molecule has 0 radical (unpaired) electrons. The average molecular weight is 389 g/mol. The lowest BCUT2D eigenvalue weighted by Crippen LogP contribution is -2.50. The Labute approximate surface area is 170 Å². The first kappa shape index (κ1) is 19.2. The van der Waals surface area contributed by atoms with Crippen molar-refractivity contribution in [2.75, 3.05) is 0 Å². The normalized spacial score (nSPS) is 15.3. The Balaban J connectivity index is 1.52. The first-order chi connectivity index (χ1) is 14.1. The molecule has 0 aliphatic heterocycles. The number of hydrogen-bond donors (Lipinski definition) is 3. The number of aromatic amines is 1. The van der Waals surface area contributed by atoms with E-state index in [4.69, 9.17) is 0 Å². The van der Waals surface area contributed by atoms with Gasteiger partial charge in [-0.25, -0.2) is 0 Å². The number of carbonyl (C=O) groups excluding carboxylic acids is 2. The quantitative estimate of drug-likeness (QED) is 0.599. The number of amides is 2. The van der Waals surface area contributed by atoms with Gasteiger partial charge < -0.3 is 15.6 Å². The third-order valence-corrected chi connectivity index (χ3v) is 5.63. The molecule has 1 unspecified atom stereocenters. The number of nitrogens with one attached hydrogen (secondary N) is 3. The molecule has 3 aromatic rings. The molecule has 0 spiro atoms. The Kier molecular flexibility index (Phi) is 5.65. The van der Waals surface area contributed by atoms with Gasteiger partial charge in [-0.1, -0.05) is 54.8 Å². The van der Waals surface area contributed by atoms with Crippen molar-refractivity contribution in [3.05, 3.63) is 71.4 Å². The van der Waals surface area contributed by atoms with Crippen LogP contribution in [0.4, 0.5) is 0 Å². The molecule has 1 atom stereocenters. The van der Waals surface area contributed by atoms with Crippen LogP contribution in [-0.4, -0.2) is 28.9 Å². The average Bonchev–Trinajstić information content (AvgIpc) is 3.37. The van der Waals surface area contributed by atoms with Gasteiger partial charge in [0, 0.05) is 23.4 Å². The zero-order chi connectivity index (χ0) is 20.2. The molecule has 5 nitrogen and oxygen atoms in total. The molecule has 1 aliphatic carbocycles. The van der Waals surface area contributed by atoms with Gasteiger partial charge in [-0.3, -0.25) is 9.59 Å². The van der Waals surface area contributed by atoms with Crippen molar-refractivity contribution in [1.82, 2.24) is 15.6 Å². The number of fused-ring (bicyclic) bond motifs is 1. The Hall–Kier alpha value is -3.08.